The molecule has 1 N–H and O–H groups in total. The third kappa shape index (κ3) is 5.42. The van der Waals surface area contributed by atoms with Crippen LogP contribution in [0.3, 0.4) is 0 Å². The third-order valence-electron chi connectivity index (χ3n) is 5.42. The van der Waals surface area contributed by atoms with Crippen molar-refractivity contribution in [3.05, 3.63) is 63.4 Å². The average Bonchev–Trinajstić information content (AvgIpc) is 3.27. The van der Waals surface area contributed by atoms with Gasteiger partial charge in [-0.1, -0.05) is 70.3 Å². The Labute approximate surface area is 201 Å². The van der Waals surface area contributed by atoms with E-state index in [0.29, 0.717) is 32.5 Å². The fraction of sp³-hybridized carbons (Fsp3) is 0.318. The van der Waals surface area contributed by atoms with E-state index in [0.717, 1.165) is 31.7 Å². The van der Waals surface area contributed by atoms with Crippen LogP contribution in [-0.4, -0.2) is 58.6 Å². The fourth-order valence-corrected chi connectivity index (χ4v) is 4.53. The maximum Gasteiger partial charge on any atom is 0.244 e. The molecule has 0 aliphatic carbocycles. The SMILES string of the molecule is C[C@H](c1nc(-c2ccccc2)no1)N1CCN(CC(=O)Nc2c(Cl)cc(Cl)cc2Cl)CC1. The molecule has 0 bridgehead atoms. The second-order valence-electron chi connectivity index (χ2n) is 7.60. The molecule has 1 saturated heterocycles. The largest absolute Gasteiger partial charge is 0.337 e. The van der Waals surface area contributed by atoms with Crippen molar-refractivity contribution in [1.82, 2.24) is 19.9 Å². The third-order valence-corrected chi connectivity index (χ3v) is 6.24. The maximum absolute atomic E-state index is 12.5. The van der Waals surface area contributed by atoms with Gasteiger partial charge < -0.3 is 9.84 Å². The summed E-state index contributed by atoms with van der Waals surface area (Å²) in [6.07, 6.45) is 0. The highest BCUT2D eigenvalue weighted by Gasteiger charge is 2.27. The average molecular weight is 495 g/mol. The molecule has 2 aromatic carbocycles. The number of hydrogen-bond acceptors (Lipinski definition) is 6. The standard InChI is InChI=1S/C22H22Cl3N5O2/c1-14(22-27-21(28-32-22)15-5-3-2-4-6-15)30-9-7-29(8-10-30)13-19(31)26-20-17(24)11-16(23)12-18(20)25/h2-6,11-12,14H,7-10,13H2,1H3,(H,26,31)/t14-/m1/s1. The normalized spacial score (nSPS) is 16.1. The van der Waals surface area contributed by atoms with Crippen LogP contribution >= 0.6 is 34.8 Å². The molecule has 1 aliphatic rings. The van der Waals surface area contributed by atoms with E-state index in [1.165, 1.54) is 0 Å². The van der Waals surface area contributed by atoms with Crippen molar-refractivity contribution in [2.24, 2.45) is 0 Å². The number of carbonyl (C=O) groups excluding carboxylic acids is 1. The van der Waals surface area contributed by atoms with E-state index in [9.17, 15) is 4.79 Å². The Morgan fingerprint density at radius 1 is 1.09 bits per heavy atom. The molecule has 1 amide bonds. The molecule has 32 heavy (non-hydrogen) atoms. The predicted octanol–water partition coefficient (Wildman–Crippen LogP) is 5.01. The van der Waals surface area contributed by atoms with E-state index in [2.05, 4.69) is 32.2 Å². The highest BCUT2D eigenvalue weighted by molar-refractivity contribution is 6.42. The van der Waals surface area contributed by atoms with Crippen LogP contribution in [0.5, 0.6) is 0 Å². The molecule has 4 rings (SSSR count). The van der Waals surface area contributed by atoms with Crippen LogP contribution < -0.4 is 5.32 Å². The second-order valence-corrected chi connectivity index (χ2v) is 8.85. The van der Waals surface area contributed by atoms with Gasteiger partial charge in [-0.15, -0.1) is 0 Å². The molecular formula is C22H22Cl3N5O2. The van der Waals surface area contributed by atoms with Gasteiger partial charge in [0.1, 0.15) is 0 Å². The Bertz CT molecular complexity index is 1060. The van der Waals surface area contributed by atoms with E-state index in [4.69, 9.17) is 39.3 Å². The van der Waals surface area contributed by atoms with Crippen molar-refractivity contribution in [2.45, 2.75) is 13.0 Å². The second kappa shape index (κ2) is 10.2. The molecule has 168 valence electrons. The number of anilines is 1. The molecule has 1 aromatic heterocycles. The first-order valence-corrected chi connectivity index (χ1v) is 11.3. The Kier molecular flexibility index (Phi) is 7.33. The van der Waals surface area contributed by atoms with Crippen molar-refractivity contribution < 1.29 is 9.32 Å². The molecule has 0 unspecified atom stereocenters. The topological polar surface area (TPSA) is 74.5 Å². The first kappa shape index (κ1) is 23.0. The molecule has 7 nitrogen and oxygen atoms in total. The van der Waals surface area contributed by atoms with Crippen LogP contribution in [0.4, 0.5) is 5.69 Å². The van der Waals surface area contributed by atoms with Crippen molar-refractivity contribution in [3.8, 4) is 11.4 Å². The number of aromatic nitrogens is 2. The molecule has 1 atom stereocenters. The lowest BCUT2D eigenvalue weighted by molar-refractivity contribution is -0.117. The summed E-state index contributed by atoms with van der Waals surface area (Å²) in [7, 11) is 0. The summed E-state index contributed by atoms with van der Waals surface area (Å²) < 4.78 is 5.51. The van der Waals surface area contributed by atoms with Crippen LogP contribution in [-0.2, 0) is 4.79 Å². The number of carbonyl (C=O) groups is 1. The van der Waals surface area contributed by atoms with Gasteiger partial charge in [-0.05, 0) is 19.1 Å². The van der Waals surface area contributed by atoms with Crippen LogP contribution in [0.15, 0.2) is 47.0 Å². The summed E-state index contributed by atoms with van der Waals surface area (Å²) in [5.41, 5.74) is 1.30. The number of nitrogens with zero attached hydrogens (tertiary/aromatic N) is 4. The minimum Gasteiger partial charge on any atom is -0.337 e. The molecular weight excluding hydrogens is 473 g/mol. The number of rotatable bonds is 6. The number of nitrogens with one attached hydrogen (secondary N) is 1. The van der Waals surface area contributed by atoms with Gasteiger partial charge >= 0.3 is 0 Å². The van der Waals surface area contributed by atoms with Crippen LogP contribution in [0.2, 0.25) is 15.1 Å². The number of amides is 1. The lowest BCUT2D eigenvalue weighted by Crippen LogP contribution is -2.49. The zero-order valence-electron chi connectivity index (χ0n) is 17.4. The Hall–Kier alpha value is -2.16. The summed E-state index contributed by atoms with van der Waals surface area (Å²) in [6.45, 7) is 5.32. The molecule has 0 spiro atoms. The van der Waals surface area contributed by atoms with Crippen LogP contribution in [0.1, 0.15) is 18.9 Å². The van der Waals surface area contributed by atoms with Crippen molar-refractivity contribution >= 4 is 46.4 Å². The molecule has 1 fully saturated rings. The van der Waals surface area contributed by atoms with Gasteiger partial charge in [0.25, 0.3) is 0 Å². The summed E-state index contributed by atoms with van der Waals surface area (Å²) in [4.78, 5) is 21.4. The van der Waals surface area contributed by atoms with Crippen LogP contribution in [0, 0.1) is 0 Å². The van der Waals surface area contributed by atoms with Gasteiger partial charge in [-0.2, -0.15) is 4.98 Å². The first-order valence-electron chi connectivity index (χ1n) is 10.2. The van der Waals surface area contributed by atoms with Gasteiger partial charge in [-0.25, -0.2) is 0 Å². The first-order chi connectivity index (χ1) is 15.4. The van der Waals surface area contributed by atoms with Crippen LogP contribution in [0.25, 0.3) is 11.4 Å². The number of benzene rings is 2. The zero-order valence-corrected chi connectivity index (χ0v) is 19.7. The molecule has 10 heteroatoms. The Morgan fingerprint density at radius 3 is 2.41 bits per heavy atom. The van der Waals surface area contributed by atoms with E-state index in [1.807, 2.05) is 30.3 Å². The summed E-state index contributed by atoms with van der Waals surface area (Å²) >= 11 is 18.2. The van der Waals surface area contributed by atoms with E-state index < -0.39 is 0 Å². The minimum absolute atomic E-state index is 0.0115. The number of piperazine rings is 1. The van der Waals surface area contributed by atoms with Crippen molar-refractivity contribution in [3.63, 3.8) is 0 Å². The highest BCUT2D eigenvalue weighted by Crippen LogP contribution is 2.33. The predicted molar refractivity (Wildman–Crippen MR) is 126 cm³/mol. The van der Waals surface area contributed by atoms with Gasteiger partial charge in [0.05, 0.1) is 28.3 Å². The quantitative estimate of drug-likeness (QED) is 0.519. The van der Waals surface area contributed by atoms with Crippen molar-refractivity contribution in [1.29, 1.82) is 0 Å². The monoisotopic (exact) mass is 493 g/mol. The lowest BCUT2D eigenvalue weighted by Gasteiger charge is -2.36. The van der Waals surface area contributed by atoms with E-state index in [-0.39, 0.29) is 18.5 Å². The lowest BCUT2D eigenvalue weighted by atomic mass is 10.2. The summed E-state index contributed by atoms with van der Waals surface area (Å²) in [5.74, 6) is 0.992. The molecule has 2 heterocycles. The van der Waals surface area contributed by atoms with Gasteiger partial charge in [0.2, 0.25) is 17.6 Å². The van der Waals surface area contributed by atoms with Gasteiger partial charge in [0, 0.05) is 36.8 Å². The van der Waals surface area contributed by atoms with E-state index >= 15 is 0 Å². The van der Waals surface area contributed by atoms with E-state index in [1.54, 1.807) is 12.1 Å². The maximum atomic E-state index is 12.5. The number of halogens is 3. The van der Waals surface area contributed by atoms with Gasteiger partial charge in [-0.3, -0.25) is 14.6 Å². The number of hydrogen-bond donors (Lipinski definition) is 1. The highest BCUT2D eigenvalue weighted by atomic mass is 35.5. The molecule has 1 aliphatic heterocycles. The van der Waals surface area contributed by atoms with Gasteiger partial charge in [0.15, 0.2) is 0 Å². The smallest absolute Gasteiger partial charge is 0.244 e. The van der Waals surface area contributed by atoms with Crippen molar-refractivity contribution in [2.75, 3.05) is 38.0 Å². The fourth-order valence-electron chi connectivity index (χ4n) is 3.62. The molecule has 3 aromatic rings. The summed E-state index contributed by atoms with van der Waals surface area (Å²) in [6, 6.07) is 12.8. The molecule has 0 saturated carbocycles. The minimum atomic E-state index is -0.179. The summed E-state index contributed by atoms with van der Waals surface area (Å²) in [5, 5.41) is 7.93. The zero-order chi connectivity index (χ0) is 22.7. The Balaban J connectivity index is 1.30. The molecule has 0 radical (unpaired) electrons. The Morgan fingerprint density at radius 2 is 1.75 bits per heavy atom.